The van der Waals surface area contributed by atoms with Gasteiger partial charge in [-0.2, -0.15) is 0 Å². The first kappa shape index (κ1) is 14.2. The molecule has 0 aromatic heterocycles. The van der Waals surface area contributed by atoms with Gasteiger partial charge in [-0.25, -0.2) is 0 Å². The smallest absolute Gasteiger partial charge is 0.181 e. The molecule has 0 atom stereocenters. The van der Waals surface area contributed by atoms with Gasteiger partial charge in [-0.05, 0) is 65.1 Å². The summed E-state index contributed by atoms with van der Waals surface area (Å²) < 4.78 is 12.1. The Balaban J connectivity index is 1.66. The van der Waals surface area contributed by atoms with E-state index in [0.29, 0.717) is 30.3 Å². The van der Waals surface area contributed by atoms with Gasteiger partial charge < -0.3 is 14.8 Å². The summed E-state index contributed by atoms with van der Waals surface area (Å²) in [6.07, 6.45) is 0. The molecule has 21 heavy (non-hydrogen) atoms. The quantitative estimate of drug-likeness (QED) is 0.637. The van der Waals surface area contributed by atoms with Crippen LogP contribution in [0.4, 0.5) is 5.69 Å². The second-order valence-electron chi connectivity index (χ2n) is 4.64. The first-order valence-corrected chi connectivity index (χ1v) is 7.72. The number of Topliss-reactive ketones (excluding diaryl/α,β-unsaturated/α-hetero) is 1. The van der Waals surface area contributed by atoms with Gasteiger partial charge in [0.1, 0.15) is 13.2 Å². The number of anilines is 1. The average molecular weight is 395 g/mol. The van der Waals surface area contributed by atoms with Crippen molar-refractivity contribution in [1.82, 2.24) is 0 Å². The lowest BCUT2D eigenvalue weighted by molar-refractivity contribution is 0.100. The Labute approximate surface area is 136 Å². The molecule has 1 aliphatic rings. The number of nitrogens with one attached hydrogen (secondary N) is 1. The maximum Gasteiger partial charge on any atom is 0.181 e. The molecular formula is C16H14INO3. The molecule has 0 radical (unpaired) electrons. The second kappa shape index (κ2) is 6.34. The molecule has 1 heterocycles. The first-order valence-electron chi connectivity index (χ1n) is 6.65. The fourth-order valence-corrected chi connectivity index (χ4v) is 2.43. The van der Waals surface area contributed by atoms with E-state index in [-0.39, 0.29) is 12.3 Å². The third-order valence-electron chi connectivity index (χ3n) is 3.16. The third kappa shape index (κ3) is 3.47. The van der Waals surface area contributed by atoms with Crippen LogP contribution in [0.15, 0.2) is 42.5 Å². The number of benzene rings is 2. The highest BCUT2D eigenvalue weighted by Gasteiger charge is 2.14. The number of fused-ring (bicyclic) bond motifs is 1. The van der Waals surface area contributed by atoms with Crippen molar-refractivity contribution >= 4 is 34.1 Å². The van der Waals surface area contributed by atoms with E-state index in [9.17, 15) is 4.79 Å². The topological polar surface area (TPSA) is 47.6 Å². The third-order valence-corrected chi connectivity index (χ3v) is 3.88. The number of hydrogen-bond donors (Lipinski definition) is 1. The molecule has 1 aliphatic heterocycles. The monoisotopic (exact) mass is 395 g/mol. The van der Waals surface area contributed by atoms with Crippen LogP contribution in [0.5, 0.6) is 11.5 Å². The van der Waals surface area contributed by atoms with Gasteiger partial charge in [-0.15, -0.1) is 0 Å². The lowest BCUT2D eigenvalue weighted by Gasteiger charge is -2.18. The first-order chi connectivity index (χ1) is 10.2. The Kier molecular flexibility index (Phi) is 4.28. The predicted molar refractivity (Wildman–Crippen MR) is 89.4 cm³/mol. The zero-order valence-corrected chi connectivity index (χ0v) is 13.4. The fraction of sp³-hybridized carbons (Fsp3) is 0.188. The highest BCUT2D eigenvalue weighted by molar-refractivity contribution is 14.1. The molecule has 4 nitrogen and oxygen atoms in total. The Morgan fingerprint density at radius 2 is 1.76 bits per heavy atom. The Morgan fingerprint density at radius 3 is 2.52 bits per heavy atom. The SMILES string of the molecule is O=C(CNc1ccc(I)cc1)c1ccc2c(c1)OCCO2. The summed E-state index contributed by atoms with van der Waals surface area (Å²) >= 11 is 2.25. The van der Waals surface area contributed by atoms with Crippen LogP contribution >= 0.6 is 22.6 Å². The molecular weight excluding hydrogens is 381 g/mol. The fourth-order valence-electron chi connectivity index (χ4n) is 2.07. The van der Waals surface area contributed by atoms with E-state index in [1.54, 1.807) is 18.2 Å². The van der Waals surface area contributed by atoms with Gasteiger partial charge in [0, 0.05) is 14.8 Å². The Morgan fingerprint density at radius 1 is 1.05 bits per heavy atom. The summed E-state index contributed by atoms with van der Waals surface area (Å²) in [4.78, 5) is 12.2. The van der Waals surface area contributed by atoms with Crippen LogP contribution in [0.2, 0.25) is 0 Å². The van der Waals surface area contributed by atoms with Crippen LogP contribution in [-0.4, -0.2) is 25.5 Å². The standard InChI is InChI=1S/C16H14INO3/c17-12-2-4-13(5-3-12)18-10-14(19)11-1-6-15-16(9-11)21-8-7-20-15/h1-6,9,18H,7-8,10H2. The molecule has 0 fully saturated rings. The molecule has 0 amide bonds. The van der Waals surface area contributed by atoms with Crippen molar-refractivity contribution in [1.29, 1.82) is 0 Å². The van der Waals surface area contributed by atoms with Crippen molar-refractivity contribution in [2.45, 2.75) is 0 Å². The van der Waals surface area contributed by atoms with Crippen molar-refractivity contribution < 1.29 is 14.3 Å². The lowest BCUT2D eigenvalue weighted by atomic mass is 10.1. The van der Waals surface area contributed by atoms with E-state index in [0.717, 1.165) is 9.26 Å². The van der Waals surface area contributed by atoms with Crippen molar-refractivity contribution in [3.63, 3.8) is 0 Å². The predicted octanol–water partition coefficient (Wildman–Crippen LogP) is 3.36. The molecule has 0 bridgehead atoms. The van der Waals surface area contributed by atoms with Crippen molar-refractivity contribution in [3.8, 4) is 11.5 Å². The second-order valence-corrected chi connectivity index (χ2v) is 5.89. The molecule has 2 aromatic rings. The van der Waals surface area contributed by atoms with Gasteiger partial charge in [0.05, 0.1) is 6.54 Å². The number of ketones is 1. The van der Waals surface area contributed by atoms with Crippen molar-refractivity contribution in [2.75, 3.05) is 25.1 Å². The largest absolute Gasteiger partial charge is 0.486 e. The van der Waals surface area contributed by atoms with E-state index in [4.69, 9.17) is 9.47 Å². The zero-order chi connectivity index (χ0) is 14.7. The van der Waals surface area contributed by atoms with Crippen LogP contribution in [0.25, 0.3) is 0 Å². The Hall–Kier alpha value is -1.76. The molecule has 0 saturated heterocycles. The number of rotatable bonds is 4. The summed E-state index contributed by atoms with van der Waals surface area (Å²) in [6, 6.07) is 13.2. The van der Waals surface area contributed by atoms with Gasteiger partial charge in [-0.1, -0.05) is 0 Å². The molecule has 2 aromatic carbocycles. The van der Waals surface area contributed by atoms with Crippen LogP contribution in [0, 0.1) is 3.57 Å². The number of halogens is 1. The number of ether oxygens (including phenoxy) is 2. The van der Waals surface area contributed by atoms with E-state index in [1.165, 1.54) is 0 Å². The normalized spacial score (nSPS) is 12.8. The molecule has 0 aliphatic carbocycles. The summed E-state index contributed by atoms with van der Waals surface area (Å²) in [5, 5.41) is 3.13. The Bertz CT molecular complexity index is 655. The minimum atomic E-state index is 0.0190. The lowest BCUT2D eigenvalue weighted by Crippen LogP contribution is -2.17. The van der Waals surface area contributed by atoms with Crippen LogP contribution in [-0.2, 0) is 0 Å². The molecule has 5 heteroatoms. The van der Waals surface area contributed by atoms with Gasteiger partial charge in [0.15, 0.2) is 17.3 Å². The van der Waals surface area contributed by atoms with E-state index in [1.807, 2.05) is 24.3 Å². The summed E-state index contributed by atoms with van der Waals surface area (Å²) in [6.45, 7) is 1.32. The zero-order valence-electron chi connectivity index (χ0n) is 11.3. The molecule has 0 saturated carbocycles. The van der Waals surface area contributed by atoms with Gasteiger partial charge >= 0.3 is 0 Å². The molecule has 0 spiro atoms. The van der Waals surface area contributed by atoms with E-state index >= 15 is 0 Å². The van der Waals surface area contributed by atoms with Crippen LogP contribution in [0.3, 0.4) is 0 Å². The summed E-state index contributed by atoms with van der Waals surface area (Å²) in [5.74, 6) is 1.36. The number of carbonyl (C=O) groups excluding carboxylic acids is 1. The van der Waals surface area contributed by atoms with Crippen LogP contribution in [0.1, 0.15) is 10.4 Å². The van der Waals surface area contributed by atoms with Gasteiger partial charge in [0.25, 0.3) is 0 Å². The minimum Gasteiger partial charge on any atom is -0.486 e. The maximum atomic E-state index is 12.2. The van der Waals surface area contributed by atoms with E-state index in [2.05, 4.69) is 27.9 Å². The molecule has 108 valence electrons. The summed E-state index contributed by atoms with van der Waals surface area (Å²) in [7, 11) is 0. The average Bonchev–Trinajstić information content (AvgIpc) is 2.53. The number of hydrogen-bond acceptors (Lipinski definition) is 4. The van der Waals surface area contributed by atoms with Crippen LogP contribution < -0.4 is 14.8 Å². The van der Waals surface area contributed by atoms with Crippen molar-refractivity contribution in [3.05, 3.63) is 51.6 Å². The van der Waals surface area contributed by atoms with Gasteiger partial charge in [0.2, 0.25) is 0 Å². The van der Waals surface area contributed by atoms with E-state index < -0.39 is 0 Å². The van der Waals surface area contributed by atoms with Gasteiger partial charge in [-0.3, -0.25) is 4.79 Å². The van der Waals surface area contributed by atoms with Crippen molar-refractivity contribution in [2.24, 2.45) is 0 Å². The molecule has 1 N–H and O–H groups in total. The molecule has 3 rings (SSSR count). The highest BCUT2D eigenvalue weighted by atomic mass is 127. The highest BCUT2D eigenvalue weighted by Crippen LogP contribution is 2.30. The molecule has 0 unspecified atom stereocenters. The minimum absolute atomic E-state index is 0.0190. The maximum absolute atomic E-state index is 12.2. The summed E-state index contributed by atoms with van der Waals surface area (Å²) in [5.41, 5.74) is 1.55. The number of carbonyl (C=O) groups is 1.